The number of nitro groups is 4. The third-order valence-electron chi connectivity index (χ3n) is 9.94. The van der Waals surface area contributed by atoms with Gasteiger partial charge in [0, 0.05) is 54.6 Å². The molecule has 0 fully saturated rings. The van der Waals surface area contributed by atoms with Crippen LogP contribution in [0, 0.1) is 45.9 Å². The van der Waals surface area contributed by atoms with Crippen molar-refractivity contribution in [1.29, 1.82) is 0 Å². The number of hydrogen-bond acceptors (Lipinski definition) is 19. The van der Waals surface area contributed by atoms with Crippen LogP contribution in [0.5, 0.6) is 17.2 Å². The number of phenolic OH excluding ortho intramolecular Hbond substituents is 1. The Bertz CT molecular complexity index is 2720. The van der Waals surface area contributed by atoms with E-state index in [0.717, 1.165) is 12.0 Å². The lowest BCUT2D eigenvalue weighted by atomic mass is 9.72. The maximum Gasteiger partial charge on any atom is 0.515 e. The topological polar surface area (TPSA) is 316 Å². The predicted octanol–water partition coefficient (Wildman–Crippen LogP) is 12.8. The Labute approximate surface area is 453 Å². The number of allylic oxidation sites excluding steroid dienone is 9. The first-order valence-electron chi connectivity index (χ1n) is 22.1. The highest BCUT2D eigenvalue weighted by Gasteiger charge is 2.26. The smallest absolute Gasteiger partial charge is 0.508 e. The highest BCUT2D eigenvalue weighted by molar-refractivity contribution is 14.1. The van der Waals surface area contributed by atoms with Crippen molar-refractivity contribution in [3.05, 3.63) is 202 Å². The fourth-order valence-electron chi connectivity index (χ4n) is 6.20. The molecule has 76 heavy (non-hydrogen) atoms. The maximum atomic E-state index is 11.9. The van der Waals surface area contributed by atoms with E-state index in [9.17, 15) is 59.6 Å². The lowest BCUT2D eigenvalue weighted by Gasteiger charge is -2.32. The Balaban J connectivity index is 0.000000403. The van der Waals surface area contributed by atoms with Crippen molar-refractivity contribution < 1.29 is 72.4 Å². The molecule has 0 spiro atoms. The highest BCUT2D eigenvalue weighted by atomic mass is 127. The normalized spacial score (nSPS) is 12.7. The van der Waals surface area contributed by atoms with E-state index < -0.39 is 50.7 Å². The van der Waals surface area contributed by atoms with Crippen LogP contribution < -0.4 is 9.47 Å². The molecule has 4 aromatic carbocycles. The van der Waals surface area contributed by atoms with Gasteiger partial charge in [-0.25, -0.2) is 14.4 Å². The van der Waals surface area contributed by atoms with Crippen LogP contribution in [0.1, 0.15) is 59.4 Å². The van der Waals surface area contributed by atoms with Crippen molar-refractivity contribution in [2.24, 2.45) is 5.41 Å². The molecule has 0 saturated heterocycles. The number of halogens is 2. The SMILES string of the molecule is CC1=C(/C=C/C(C)=C/C=C/C(C)=C/C(=O)OCOC(=O)Cc2ccc([N+](=O)[O-])cc2)C(C)(C)CCC1.O=C(OCCl)Oc1ccc([N+](=O)[O-])cc1.O=C(OCI)Oc1ccc([N+](=O)[O-])cc1.O=[N+]([O-])c1ccc(O)cc1. The molecule has 0 bridgehead atoms. The Hall–Kier alpha value is -8.52. The van der Waals surface area contributed by atoms with Crippen LogP contribution in [0.3, 0.4) is 0 Å². The third-order valence-corrected chi connectivity index (χ3v) is 10.4. The van der Waals surface area contributed by atoms with Gasteiger partial charge in [-0.05, 0) is 121 Å². The molecule has 4 aromatic rings. The fraction of sp³-hybridized carbons (Fsp3) is 0.255. The summed E-state index contributed by atoms with van der Waals surface area (Å²) in [5.74, 6) is -0.840. The monoisotopic (exact) mass is 1190 g/mol. The summed E-state index contributed by atoms with van der Waals surface area (Å²) in [6.45, 7) is 10.1. The number of nitrogens with zero attached hydrogens (tertiary/aromatic N) is 4. The van der Waals surface area contributed by atoms with E-state index in [2.05, 4.69) is 47.1 Å². The number of phenols is 1. The molecule has 25 heteroatoms. The summed E-state index contributed by atoms with van der Waals surface area (Å²) in [7, 11) is 0. The minimum absolute atomic E-state index is 0.0159. The van der Waals surface area contributed by atoms with Gasteiger partial charge in [-0.3, -0.25) is 45.3 Å². The van der Waals surface area contributed by atoms with E-state index in [-0.39, 0.29) is 62.5 Å². The van der Waals surface area contributed by atoms with Gasteiger partial charge in [0.15, 0.2) is 6.07 Å². The second-order valence-corrected chi connectivity index (χ2v) is 16.9. The summed E-state index contributed by atoms with van der Waals surface area (Å²) in [6.07, 6.45) is 13.0. The van der Waals surface area contributed by atoms with Crippen LogP contribution in [0.15, 0.2) is 156 Å². The number of ether oxygens (including phenoxy) is 6. The Morgan fingerprint density at radius 3 is 1.58 bits per heavy atom. The molecule has 0 atom stereocenters. The van der Waals surface area contributed by atoms with Crippen LogP contribution in [0.4, 0.5) is 32.3 Å². The van der Waals surface area contributed by atoms with Gasteiger partial charge in [-0.15, -0.1) is 0 Å². The Kier molecular flexibility index (Phi) is 27.9. The van der Waals surface area contributed by atoms with Crippen molar-refractivity contribution in [1.82, 2.24) is 0 Å². The first-order chi connectivity index (χ1) is 35.9. The molecule has 5 rings (SSSR count). The van der Waals surface area contributed by atoms with Crippen LogP contribution in [0.2, 0.25) is 0 Å². The number of nitro benzene ring substituents is 4. The summed E-state index contributed by atoms with van der Waals surface area (Å²) in [6, 6.07) is 20.4. The van der Waals surface area contributed by atoms with Gasteiger partial charge in [0.05, 0.1) is 26.1 Å². The van der Waals surface area contributed by atoms with Gasteiger partial charge >= 0.3 is 24.2 Å². The van der Waals surface area contributed by atoms with Crippen molar-refractivity contribution in [2.45, 2.75) is 60.3 Å². The molecular formula is C51H52ClIN4O19. The summed E-state index contributed by atoms with van der Waals surface area (Å²) < 4.78 is 28.1. The Morgan fingerprint density at radius 1 is 0.671 bits per heavy atom. The lowest BCUT2D eigenvalue weighted by molar-refractivity contribution is -0.385. The Morgan fingerprint density at radius 2 is 1.13 bits per heavy atom. The second kappa shape index (κ2) is 33.3. The zero-order valence-electron chi connectivity index (χ0n) is 41.5. The van der Waals surface area contributed by atoms with Gasteiger partial charge in [-0.1, -0.05) is 79.1 Å². The molecule has 1 aliphatic carbocycles. The number of non-ortho nitro benzene ring substituents is 4. The molecule has 0 radical (unpaired) electrons. The summed E-state index contributed by atoms with van der Waals surface area (Å²) in [5, 5.41) is 50.0. The second-order valence-electron chi connectivity index (χ2n) is 16.1. The van der Waals surface area contributed by atoms with Crippen molar-refractivity contribution in [2.75, 3.05) is 17.5 Å². The summed E-state index contributed by atoms with van der Waals surface area (Å²) >= 11 is 6.96. The van der Waals surface area contributed by atoms with Crippen LogP contribution in [-0.2, 0) is 35.0 Å². The number of alkyl halides is 2. The molecular weight excluding hydrogens is 1130 g/mol. The van der Waals surface area contributed by atoms with Gasteiger partial charge in [0.1, 0.15) is 21.9 Å². The molecule has 0 heterocycles. The number of rotatable bonds is 17. The molecule has 0 amide bonds. The first-order valence-corrected chi connectivity index (χ1v) is 24.2. The third kappa shape index (κ3) is 25.4. The van der Waals surface area contributed by atoms with Gasteiger partial charge in [0.25, 0.3) is 22.7 Å². The predicted molar refractivity (Wildman–Crippen MR) is 285 cm³/mol. The molecule has 1 aliphatic rings. The first kappa shape index (κ1) is 63.6. The standard InChI is InChI=1S/C29H35NO6.C8H6ClNO5.C8H6INO5.C6H5NO3/c1-21(11-16-26-23(3)10-7-17-29(26,4)5)8-6-9-22(2)18-27(31)35-20-36-28(32)19-24-12-14-25(15-13-24)30(33)34;2*9-5-14-8(11)15-7-3-1-6(2-4-7)10(12)13;8-6-3-1-5(2-4-6)7(9)10/h6,8-9,11-16,18H,7,10,17,19-20H2,1-5H3;2*1-4H,5H2;1-4,8H/b9-6+,16-11+,21-8+,22-18+;;;. The minimum atomic E-state index is -0.959. The van der Waals surface area contributed by atoms with E-state index in [1.807, 2.05) is 41.7 Å². The number of benzene rings is 4. The number of carbonyl (C=O) groups is 4. The van der Waals surface area contributed by atoms with E-state index >= 15 is 0 Å². The van der Waals surface area contributed by atoms with Crippen LogP contribution >= 0.6 is 34.2 Å². The van der Waals surface area contributed by atoms with E-state index in [0.29, 0.717) is 11.1 Å². The molecule has 0 saturated carbocycles. The highest BCUT2D eigenvalue weighted by Crippen LogP contribution is 2.40. The molecule has 0 unspecified atom stereocenters. The fourth-order valence-corrected chi connectivity index (χ4v) is 6.54. The zero-order chi connectivity index (χ0) is 56.8. The summed E-state index contributed by atoms with van der Waals surface area (Å²) in [5.41, 5.74) is 5.20. The largest absolute Gasteiger partial charge is 0.515 e. The van der Waals surface area contributed by atoms with Gasteiger partial charge in [-0.2, -0.15) is 0 Å². The average molecular weight is 1190 g/mol. The van der Waals surface area contributed by atoms with Crippen molar-refractivity contribution in [3.8, 4) is 17.2 Å². The van der Waals surface area contributed by atoms with E-state index in [1.54, 1.807) is 13.0 Å². The van der Waals surface area contributed by atoms with E-state index in [1.165, 1.54) is 127 Å². The van der Waals surface area contributed by atoms with Gasteiger partial charge in [0.2, 0.25) is 6.79 Å². The zero-order valence-corrected chi connectivity index (χ0v) is 44.4. The van der Waals surface area contributed by atoms with Crippen LogP contribution in [0.25, 0.3) is 0 Å². The maximum absolute atomic E-state index is 11.9. The lowest BCUT2D eigenvalue weighted by Crippen LogP contribution is -2.19. The molecule has 0 aliphatic heterocycles. The van der Waals surface area contributed by atoms with Crippen molar-refractivity contribution >= 4 is 81.2 Å². The molecule has 23 nitrogen and oxygen atoms in total. The van der Waals surface area contributed by atoms with Crippen molar-refractivity contribution in [3.63, 3.8) is 0 Å². The summed E-state index contributed by atoms with van der Waals surface area (Å²) in [4.78, 5) is 84.6. The molecule has 1 N–H and O–H groups in total. The number of esters is 2. The number of carbonyl (C=O) groups excluding carboxylic acids is 4. The van der Waals surface area contributed by atoms with Crippen LogP contribution in [-0.4, -0.2) is 66.5 Å². The number of hydrogen-bond donors (Lipinski definition) is 1. The minimum Gasteiger partial charge on any atom is -0.508 e. The average Bonchev–Trinajstić information content (AvgIpc) is 3.35. The molecule has 0 aromatic heterocycles. The molecule has 404 valence electrons. The quantitative estimate of drug-likeness (QED) is 0.00980. The van der Waals surface area contributed by atoms with E-state index in [4.69, 9.17) is 30.9 Å². The van der Waals surface area contributed by atoms with Gasteiger partial charge < -0.3 is 33.5 Å². The number of aromatic hydroxyl groups is 1.